The van der Waals surface area contributed by atoms with Crippen molar-refractivity contribution < 1.29 is 4.79 Å². The molecule has 5 heteroatoms. The van der Waals surface area contributed by atoms with E-state index in [4.69, 9.17) is 5.26 Å². The second-order valence-electron chi connectivity index (χ2n) is 3.37. The SMILES string of the molecule is CCc1nc(CC(=O)NCCCC#N)cs1. The van der Waals surface area contributed by atoms with Gasteiger partial charge in [-0.15, -0.1) is 11.3 Å². The van der Waals surface area contributed by atoms with E-state index in [1.165, 1.54) is 0 Å². The Kier molecular flexibility index (Phi) is 5.51. The summed E-state index contributed by atoms with van der Waals surface area (Å²) >= 11 is 1.59. The number of hydrogen-bond donors (Lipinski definition) is 1. The fraction of sp³-hybridized carbons (Fsp3) is 0.545. The highest BCUT2D eigenvalue weighted by molar-refractivity contribution is 7.09. The summed E-state index contributed by atoms with van der Waals surface area (Å²) < 4.78 is 0. The Hall–Kier alpha value is -1.41. The maximum Gasteiger partial charge on any atom is 0.226 e. The molecule has 0 spiro atoms. The normalized spacial score (nSPS) is 9.75. The van der Waals surface area contributed by atoms with Crippen LogP contribution in [0.3, 0.4) is 0 Å². The standard InChI is InChI=1S/C11H15N3OS/c1-2-11-14-9(8-16-11)7-10(15)13-6-4-3-5-12/h8H,2-4,6-7H2,1H3,(H,13,15). The highest BCUT2D eigenvalue weighted by atomic mass is 32.1. The molecule has 1 amide bonds. The van der Waals surface area contributed by atoms with E-state index in [-0.39, 0.29) is 5.91 Å². The van der Waals surface area contributed by atoms with Crippen molar-refractivity contribution in [2.24, 2.45) is 0 Å². The molecule has 0 saturated heterocycles. The Balaban J connectivity index is 2.26. The van der Waals surface area contributed by atoms with Gasteiger partial charge in [-0.3, -0.25) is 4.79 Å². The second kappa shape index (κ2) is 6.96. The maximum absolute atomic E-state index is 11.4. The molecule has 86 valence electrons. The molecule has 0 saturated carbocycles. The van der Waals surface area contributed by atoms with Crippen molar-refractivity contribution in [2.45, 2.75) is 32.6 Å². The number of hydrogen-bond acceptors (Lipinski definition) is 4. The molecule has 4 nitrogen and oxygen atoms in total. The zero-order valence-electron chi connectivity index (χ0n) is 9.32. The molecular weight excluding hydrogens is 222 g/mol. The fourth-order valence-electron chi connectivity index (χ4n) is 1.21. The van der Waals surface area contributed by atoms with Crippen LogP contribution in [0.15, 0.2) is 5.38 Å². The molecule has 1 N–H and O–H groups in total. The van der Waals surface area contributed by atoms with Crippen molar-refractivity contribution >= 4 is 17.2 Å². The van der Waals surface area contributed by atoms with E-state index >= 15 is 0 Å². The summed E-state index contributed by atoms with van der Waals surface area (Å²) in [7, 11) is 0. The maximum atomic E-state index is 11.4. The van der Waals surface area contributed by atoms with Gasteiger partial charge in [-0.1, -0.05) is 6.92 Å². The molecule has 1 heterocycles. The summed E-state index contributed by atoms with van der Waals surface area (Å²) in [4.78, 5) is 15.8. The van der Waals surface area contributed by atoms with Crippen LogP contribution < -0.4 is 5.32 Å². The van der Waals surface area contributed by atoms with Crippen LogP contribution in [0.5, 0.6) is 0 Å². The summed E-state index contributed by atoms with van der Waals surface area (Å²) in [5.41, 5.74) is 0.833. The van der Waals surface area contributed by atoms with E-state index in [9.17, 15) is 4.79 Å². The zero-order valence-corrected chi connectivity index (χ0v) is 10.1. The fourth-order valence-corrected chi connectivity index (χ4v) is 1.96. The first-order valence-corrected chi connectivity index (χ1v) is 6.21. The summed E-state index contributed by atoms with van der Waals surface area (Å²) in [6, 6.07) is 2.04. The first kappa shape index (κ1) is 12.7. The third-order valence-corrected chi connectivity index (χ3v) is 3.07. The molecule has 0 aliphatic carbocycles. The van der Waals surface area contributed by atoms with Crippen molar-refractivity contribution in [3.8, 4) is 6.07 Å². The molecule has 1 rings (SSSR count). The Morgan fingerprint density at radius 1 is 1.69 bits per heavy atom. The van der Waals surface area contributed by atoms with Gasteiger partial charge in [0.15, 0.2) is 0 Å². The van der Waals surface area contributed by atoms with Crippen molar-refractivity contribution in [3.63, 3.8) is 0 Å². The number of nitrogens with one attached hydrogen (secondary N) is 1. The first-order valence-electron chi connectivity index (χ1n) is 5.33. The van der Waals surface area contributed by atoms with Gasteiger partial charge in [0.25, 0.3) is 0 Å². The van der Waals surface area contributed by atoms with Crippen LogP contribution >= 0.6 is 11.3 Å². The Bertz CT molecular complexity index is 381. The highest BCUT2D eigenvalue weighted by Crippen LogP contribution is 2.10. The molecule has 0 aliphatic heterocycles. The van der Waals surface area contributed by atoms with E-state index < -0.39 is 0 Å². The van der Waals surface area contributed by atoms with E-state index in [1.807, 2.05) is 18.4 Å². The number of thiazole rings is 1. The summed E-state index contributed by atoms with van der Waals surface area (Å²) in [5.74, 6) is -0.0223. The van der Waals surface area contributed by atoms with Gasteiger partial charge < -0.3 is 5.32 Å². The largest absolute Gasteiger partial charge is 0.356 e. The monoisotopic (exact) mass is 237 g/mol. The van der Waals surface area contributed by atoms with Crippen LogP contribution in [0.4, 0.5) is 0 Å². The lowest BCUT2D eigenvalue weighted by molar-refractivity contribution is -0.120. The van der Waals surface area contributed by atoms with E-state index in [1.54, 1.807) is 11.3 Å². The van der Waals surface area contributed by atoms with Crippen LogP contribution in [-0.4, -0.2) is 17.4 Å². The molecular formula is C11H15N3OS. The molecule has 16 heavy (non-hydrogen) atoms. The van der Waals surface area contributed by atoms with E-state index in [2.05, 4.69) is 10.3 Å². The van der Waals surface area contributed by atoms with Gasteiger partial charge in [-0.05, 0) is 12.8 Å². The second-order valence-corrected chi connectivity index (χ2v) is 4.32. The Morgan fingerprint density at radius 2 is 2.50 bits per heavy atom. The highest BCUT2D eigenvalue weighted by Gasteiger charge is 2.06. The summed E-state index contributed by atoms with van der Waals surface area (Å²) in [5, 5.41) is 14.1. The van der Waals surface area contributed by atoms with Crippen LogP contribution in [0.1, 0.15) is 30.5 Å². The number of carbonyl (C=O) groups is 1. The van der Waals surface area contributed by atoms with Gasteiger partial charge >= 0.3 is 0 Å². The van der Waals surface area contributed by atoms with Gasteiger partial charge in [0.2, 0.25) is 5.91 Å². The predicted octanol–water partition coefficient (Wildman–Crippen LogP) is 1.67. The topological polar surface area (TPSA) is 65.8 Å². The molecule has 1 aromatic heterocycles. The molecule has 0 bridgehead atoms. The van der Waals surface area contributed by atoms with Crippen molar-refractivity contribution in [1.29, 1.82) is 5.26 Å². The number of carbonyl (C=O) groups excluding carboxylic acids is 1. The Labute approximate surface area is 99.3 Å². The molecule has 0 aliphatic rings. The lowest BCUT2D eigenvalue weighted by atomic mass is 10.3. The third kappa shape index (κ3) is 4.41. The number of amides is 1. The van der Waals surface area contributed by atoms with Gasteiger partial charge in [-0.2, -0.15) is 5.26 Å². The van der Waals surface area contributed by atoms with Gasteiger partial charge in [0.05, 0.1) is 23.2 Å². The average molecular weight is 237 g/mol. The number of nitrogens with zero attached hydrogens (tertiary/aromatic N) is 2. The summed E-state index contributed by atoms with van der Waals surface area (Å²) in [6.45, 7) is 2.61. The van der Waals surface area contributed by atoms with Crippen LogP contribution in [-0.2, 0) is 17.6 Å². The van der Waals surface area contributed by atoms with Crippen LogP contribution in [0, 0.1) is 11.3 Å². The zero-order chi connectivity index (χ0) is 11.8. The average Bonchev–Trinajstić information content (AvgIpc) is 2.72. The van der Waals surface area contributed by atoms with E-state index in [0.717, 1.165) is 17.1 Å². The Morgan fingerprint density at radius 3 is 3.12 bits per heavy atom. The quantitative estimate of drug-likeness (QED) is 0.765. The number of aryl methyl sites for hydroxylation is 1. The molecule has 0 radical (unpaired) electrons. The smallest absolute Gasteiger partial charge is 0.226 e. The van der Waals surface area contributed by atoms with Crippen molar-refractivity contribution in [1.82, 2.24) is 10.3 Å². The lowest BCUT2D eigenvalue weighted by Gasteiger charge is -2.01. The molecule has 0 atom stereocenters. The van der Waals surface area contributed by atoms with Gasteiger partial charge in [-0.25, -0.2) is 4.98 Å². The van der Waals surface area contributed by atoms with Gasteiger partial charge in [0, 0.05) is 18.3 Å². The van der Waals surface area contributed by atoms with Gasteiger partial charge in [0.1, 0.15) is 0 Å². The minimum absolute atomic E-state index is 0.0223. The van der Waals surface area contributed by atoms with Crippen LogP contribution in [0.25, 0.3) is 0 Å². The predicted molar refractivity (Wildman–Crippen MR) is 63.1 cm³/mol. The molecule has 0 fully saturated rings. The number of unbranched alkanes of at least 4 members (excludes halogenated alkanes) is 1. The van der Waals surface area contributed by atoms with Crippen LogP contribution in [0.2, 0.25) is 0 Å². The number of aromatic nitrogens is 1. The first-order chi connectivity index (χ1) is 7.76. The number of rotatable bonds is 6. The third-order valence-electron chi connectivity index (χ3n) is 2.03. The minimum atomic E-state index is -0.0223. The molecule has 0 unspecified atom stereocenters. The lowest BCUT2D eigenvalue weighted by Crippen LogP contribution is -2.26. The number of nitriles is 1. The van der Waals surface area contributed by atoms with Crippen molar-refractivity contribution in [3.05, 3.63) is 16.1 Å². The molecule has 0 aromatic carbocycles. The summed E-state index contributed by atoms with van der Waals surface area (Å²) in [6.07, 6.45) is 2.44. The molecule has 1 aromatic rings. The van der Waals surface area contributed by atoms with E-state index in [0.29, 0.717) is 25.8 Å². The van der Waals surface area contributed by atoms with Crippen molar-refractivity contribution in [2.75, 3.05) is 6.54 Å². The minimum Gasteiger partial charge on any atom is -0.356 e.